The molecule has 1 unspecified atom stereocenters. The highest BCUT2D eigenvalue weighted by atomic mass is 32.2. The van der Waals surface area contributed by atoms with Gasteiger partial charge in [-0.2, -0.15) is 0 Å². The lowest BCUT2D eigenvalue weighted by molar-refractivity contribution is -0.137. The molecule has 1 amide bonds. The minimum Gasteiger partial charge on any atom is -0.481 e. The van der Waals surface area contributed by atoms with E-state index < -0.39 is 21.9 Å². The van der Waals surface area contributed by atoms with Gasteiger partial charge in [-0.15, -0.1) is 0 Å². The van der Waals surface area contributed by atoms with Crippen LogP contribution in [0.5, 0.6) is 0 Å². The van der Waals surface area contributed by atoms with Crippen molar-refractivity contribution >= 4 is 21.9 Å². The van der Waals surface area contributed by atoms with Crippen LogP contribution < -0.4 is 10.0 Å². The van der Waals surface area contributed by atoms with Crippen LogP contribution in [0.1, 0.15) is 30.1 Å². The van der Waals surface area contributed by atoms with E-state index in [2.05, 4.69) is 10.0 Å². The fourth-order valence-corrected chi connectivity index (χ4v) is 2.94. The quantitative estimate of drug-likeness (QED) is 0.526. The van der Waals surface area contributed by atoms with Crippen molar-refractivity contribution in [3.8, 4) is 0 Å². The minimum atomic E-state index is -3.73. The van der Waals surface area contributed by atoms with Crippen LogP contribution in [-0.2, 0) is 19.6 Å². The lowest BCUT2D eigenvalue weighted by Gasteiger charge is -2.13. The van der Waals surface area contributed by atoms with Crippen LogP contribution in [0.2, 0.25) is 0 Å². The van der Waals surface area contributed by atoms with Crippen molar-refractivity contribution in [2.45, 2.75) is 30.7 Å². The summed E-state index contributed by atoms with van der Waals surface area (Å²) in [6, 6.07) is 5.29. The number of rotatable bonds is 10. The number of hydrogen-bond donors (Lipinski definition) is 3. The van der Waals surface area contributed by atoms with Crippen molar-refractivity contribution in [3.63, 3.8) is 0 Å². The number of carbonyl (C=O) groups is 2. The molecular weight excluding hydrogens is 336 g/mol. The molecule has 3 N–H and O–H groups in total. The maximum atomic E-state index is 12.1. The van der Waals surface area contributed by atoms with E-state index in [-0.39, 0.29) is 42.5 Å². The first-order valence-corrected chi connectivity index (χ1v) is 8.86. The van der Waals surface area contributed by atoms with E-state index in [0.29, 0.717) is 0 Å². The summed E-state index contributed by atoms with van der Waals surface area (Å²) in [5.41, 5.74) is 0.187. The monoisotopic (exact) mass is 358 g/mol. The van der Waals surface area contributed by atoms with Crippen molar-refractivity contribution in [1.29, 1.82) is 0 Å². The van der Waals surface area contributed by atoms with Gasteiger partial charge < -0.3 is 15.2 Å². The second-order valence-corrected chi connectivity index (χ2v) is 6.99. The van der Waals surface area contributed by atoms with Crippen molar-refractivity contribution < 1.29 is 27.9 Å². The second-order valence-electron chi connectivity index (χ2n) is 5.23. The molecule has 9 heteroatoms. The van der Waals surface area contributed by atoms with Gasteiger partial charge in [-0.3, -0.25) is 9.59 Å². The molecule has 24 heavy (non-hydrogen) atoms. The normalized spacial score (nSPS) is 12.6. The highest BCUT2D eigenvalue weighted by molar-refractivity contribution is 7.89. The Morgan fingerprint density at radius 3 is 2.67 bits per heavy atom. The maximum absolute atomic E-state index is 12.1. The first-order valence-electron chi connectivity index (χ1n) is 7.37. The largest absolute Gasteiger partial charge is 0.481 e. The topological polar surface area (TPSA) is 122 Å². The minimum absolute atomic E-state index is 0.0237. The van der Waals surface area contributed by atoms with Gasteiger partial charge in [-0.1, -0.05) is 6.07 Å². The number of carboxylic acid groups (broad SMARTS) is 1. The van der Waals surface area contributed by atoms with Crippen LogP contribution in [0.15, 0.2) is 29.2 Å². The Morgan fingerprint density at radius 1 is 1.33 bits per heavy atom. The van der Waals surface area contributed by atoms with Crippen LogP contribution in [0.4, 0.5) is 0 Å². The highest BCUT2D eigenvalue weighted by Crippen LogP contribution is 2.12. The summed E-state index contributed by atoms with van der Waals surface area (Å²) in [5, 5.41) is 11.3. The third-order valence-electron chi connectivity index (χ3n) is 3.17. The Balaban J connectivity index is 2.76. The number of sulfonamides is 1. The average Bonchev–Trinajstić information content (AvgIpc) is 2.53. The molecule has 0 radical (unpaired) electrons. The van der Waals surface area contributed by atoms with Gasteiger partial charge in [-0.05, 0) is 31.5 Å². The number of aliphatic carboxylic acids is 1. The van der Waals surface area contributed by atoms with Crippen LogP contribution >= 0.6 is 0 Å². The van der Waals surface area contributed by atoms with Crippen LogP contribution in [0, 0.1) is 0 Å². The van der Waals surface area contributed by atoms with E-state index in [1.54, 1.807) is 6.92 Å². The number of ether oxygens (including phenoxy) is 1. The van der Waals surface area contributed by atoms with Crippen LogP contribution in [0.25, 0.3) is 0 Å². The standard InChI is InChI=1S/C15H22N2O6S/c1-11(6-7-14(18)19)17-15(20)12-4-3-5-13(10-12)24(21,22)16-8-9-23-2/h3-5,10-11,16H,6-9H2,1-2H3,(H,17,20)(H,18,19). The highest BCUT2D eigenvalue weighted by Gasteiger charge is 2.17. The fourth-order valence-electron chi connectivity index (χ4n) is 1.89. The Labute approximate surface area is 141 Å². The van der Waals surface area contributed by atoms with Gasteiger partial charge in [0, 0.05) is 31.7 Å². The molecule has 0 aliphatic heterocycles. The zero-order chi connectivity index (χ0) is 18.2. The van der Waals surface area contributed by atoms with Crippen molar-refractivity contribution in [2.75, 3.05) is 20.3 Å². The Bertz CT molecular complexity index is 674. The lowest BCUT2D eigenvalue weighted by Crippen LogP contribution is -2.33. The smallest absolute Gasteiger partial charge is 0.303 e. The zero-order valence-corrected chi connectivity index (χ0v) is 14.4. The third-order valence-corrected chi connectivity index (χ3v) is 4.63. The Morgan fingerprint density at radius 2 is 2.04 bits per heavy atom. The molecule has 1 aromatic rings. The summed E-state index contributed by atoms with van der Waals surface area (Å²) in [7, 11) is -2.26. The van der Waals surface area contributed by atoms with E-state index in [9.17, 15) is 18.0 Å². The molecule has 0 saturated heterocycles. The number of carbonyl (C=O) groups excluding carboxylic acids is 1. The number of methoxy groups -OCH3 is 1. The predicted octanol–water partition coefficient (Wildman–Crippen LogP) is 0.594. The summed E-state index contributed by atoms with van der Waals surface area (Å²) in [4.78, 5) is 22.6. The first kappa shape index (κ1) is 20.1. The molecule has 1 atom stereocenters. The van der Waals surface area contributed by atoms with E-state index in [1.807, 2.05) is 0 Å². The van der Waals surface area contributed by atoms with Gasteiger partial charge in [0.15, 0.2) is 0 Å². The first-order chi connectivity index (χ1) is 11.3. The van der Waals surface area contributed by atoms with Crippen molar-refractivity contribution in [1.82, 2.24) is 10.0 Å². The molecule has 0 saturated carbocycles. The molecule has 0 heterocycles. The molecule has 0 fully saturated rings. The third kappa shape index (κ3) is 6.65. The summed E-state index contributed by atoms with van der Waals surface area (Å²) in [5.74, 6) is -1.40. The molecule has 1 aromatic carbocycles. The van der Waals surface area contributed by atoms with Crippen LogP contribution in [-0.4, -0.2) is 51.7 Å². The molecule has 0 aromatic heterocycles. The summed E-state index contributed by atoms with van der Waals surface area (Å²) in [6.07, 6.45) is 0.233. The van der Waals surface area contributed by atoms with E-state index in [1.165, 1.54) is 31.4 Å². The SMILES string of the molecule is COCCNS(=O)(=O)c1cccc(C(=O)NC(C)CCC(=O)O)c1. The summed E-state index contributed by atoms with van der Waals surface area (Å²) >= 11 is 0. The van der Waals surface area contributed by atoms with Crippen molar-refractivity contribution in [2.24, 2.45) is 0 Å². The maximum Gasteiger partial charge on any atom is 0.303 e. The molecule has 134 valence electrons. The number of benzene rings is 1. The fraction of sp³-hybridized carbons (Fsp3) is 0.467. The zero-order valence-electron chi connectivity index (χ0n) is 13.6. The Kier molecular flexibility index (Phi) is 7.83. The number of hydrogen-bond acceptors (Lipinski definition) is 5. The van der Waals surface area contributed by atoms with Crippen molar-refractivity contribution in [3.05, 3.63) is 29.8 Å². The second kappa shape index (κ2) is 9.36. The molecule has 0 bridgehead atoms. The predicted molar refractivity (Wildman–Crippen MR) is 87.3 cm³/mol. The lowest BCUT2D eigenvalue weighted by atomic mass is 10.1. The number of nitrogens with one attached hydrogen (secondary N) is 2. The summed E-state index contributed by atoms with van der Waals surface area (Å²) < 4.78 is 31.4. The molecule has 8 nitrogen and oxygen atoms in total. The Hall–Kier alpha value is -1.97. The van der Waals surface area contributed by atoms with E-state index in [0.717, 1.165) is 0 Å². The van der Waals surface area contributed by atoms with Crippen LogP contribution in [0.3, 0.4) is 0 Å². The molecule has 1 rings (SSSR count). The van der Waals surface area contributed by atoms with Gasteiger partial charge in [0.2, 0.25) is 10.0 Å². The number of amides is 1. The van der Waals surface area contributed by atoms with E-state index in [4.69, 9.17) is 9.84 Å². The number of carboxylic acids is 1. The van der Waals surface area contributed by atoms with E-state index >= 15 is 0 Å². The van der Waals surface area contributed by atoms with Gasteiger partial charge >= 0.3 is 5.97 Å². The van der Waals surface area contributed by atoms with Gasteiger partial charge in [-0.25, -0.2) is 13.1 Å². The molecular formula is C15H22N2O6S. The summed E-state index contributed by atoms with van der Waals surface area (Å²) in [6.45, 7) is 2.05. The molecule has 0 aliphatic rings. The van der Waals surface area contributed by atoms with Gasteiger partial charge in [0.1, 0.15) is 0 Å². The molecule has 0 spiro atoms. The average molecular weight is 358 g/mol. The molecule has 0 aliphatic carbocycles. The van der Waals surface area contributed by atoms with Gasteiger partial charge in [0.25, 0.3) is 5.91 Å². The van der Waals surface area contributed by atoms with Gasteiger partial charge in [0.05, 0.1) is 11.5 Å².